The van der Waals surface area contributed by atoms with E-state index in [4.69, 9.17) is 11.6 Å². The number of hydrogen-bond donors (Lipinski definition) is 2. The molecule has 5 heteroatoms. The first-order valence-corrected chi connectivity index (χ1v) is 5.69. The Morgan fingerprint density at radius 1 is 1.31 bits per heavy atom. The highest BCUT2D eigenvalue weighted by atomic mass is 35.5. The molecule has 1 heterocycles. The second kappa shape index (κ2) is 4.97. The molecule has 0 saturated carbocycles. The highest BCUT2D eigenvalue weighted by Gasteiger charge is 2.22. The first-order valence-electron chi connectivity index (χ1n) is 5.31. The molecule has 2 N–H and O–H groups in total. The summed E-state index contributed by atoms with van der Waals surface area (Å²) in [5, 5.41) is 12.8. The van der Waals surface area contributed by atoms with Gasteiger partial charge >= 0.3 is 0 Å². The first kappa shape index (κ1) is 13.2. The number of aliphatic hydroxyl groups excluding tert-OH is 1. The average Bonchev–Trinajstić information content (AvgIpc) is 2.25. The van der Waals surface area contributed by atoms with Gasteiger partial charge < -0.3 is 10.4 Å². The molecular formula is C11H18ClN3O. The molecule has 4 nitrogen and oxygen atoms in total. The van der Waals surface area contributed by atoms with E-state index in [9.17, 15) is 5.11 Å². The van der Waals surface area contributed by atoms with Crippen molar-refractivity contribution in [1.82, 2.24) is 9.97 Å². The lowest BCUT2D eigenvalue weighted by atomic mass is 10.0. The Balaban J connectivity index is 3.01. The summed E-state index contributed by atoms with van der Waals surface area (Å²) in [7, 11) is 0. The lowest BCUT2D eigenvalue weighted by molar-refractivity contribution is 0.218. The van der Waals surface area contributed by atoms with Gasteiger partial charge in [-0.25, -0.2) is 9.97 Å². The van der Waals surface area contributed by atoms with E-state index < -0.39 is 5.54 Å². The van der Waals surface area contributed by atoms with Crippen LogP contribution in [0.3, 0.4) is 0 Å². The van der Waals surface area contributed by atoms with Crippen LogP contribution in [0.1, 0.15) is 31.7 Å². The molecule has 90 valence electrons. The Kier molecular flexibility index (Phi) is 4.10. The van der Waals surface area contributed by atoms with Crippen LogP contribution in [0.4, 0.5) is 5.82 Å². The van der Waals surface area contributed by atoms with E-state index in [1.165, 1.54) is 0 Å². The van der Waals surface area contributed by atoms with Crippen LogP contribution in [0, 0.1) is 13.8 Å². The average molecular weight is 244 g/mol. The van der Waals surface area contributed by atoms with Crippen molar-refractivity contribution in [2.24, 2.45) is 0 Å². The van der Waals surface area contributed by atoms with E-state index in [2.05, 4.69) is 15.3 Å². The third-order valence-corrected chi connectivity index (χ3v) is 3.08. The Hall–Kier alpha value is -0.870. The van der Waals surface area contributed by atoms with Crippen molar-refractivity contribution in [3.8, 4) is 0 Å². The molecule has 0 aliphatic heterocycles. The summed E-state index contributed by atoms with van der Waals surface area (Å²) in [5.41, 5.74) is 1.24. The normalized spacial score (nSPS) is 14.6. The third kappa shape index (κ3) is 2.83. The largest absolute Gasteiger partial charge is 0.394 e. The van der Waals surface area contributed by atoms with Gasteiger partial charge in [0, 0.05) is 0 Å². The third-order valence-electron chi connectivity index (χ3n) is 2.81. The maximum atomic E-state index is 9.31. The molecule has 1 atom stereocenters. The van der Waals surface area contributed by atoms with E-state index in [0.29, 0.717) is 11.0 Å². The second-order valence-electron chi connectivity index (χ2n) is 4.23. The number of nitrogens with one attached hydrogen (secondary N) is 1. The van der Waals surface area contributed by atoms with Crippen molar-refractivity contribution in [3.05, 3.63) is 16.5 Å². The van der Waals surface area contributed by atoms with Crippen molar-refractivity contribution < 1.29 is 5.11 Å². The fraction of sp³-hybridized carbons (Fsp3) is 0.636. The SMILES string of the molecule is CCC(C)(CO)Nc1nc(C)c(C)nc1Cl. The summed E-state index contributed by atoms with van der Waals surface area (Å²) in [6.07, 6.45) is 0.772. The number of anilines is 1. The molecule has 0 radical (unpaired) electrons. The number of hydrogen-bond acceptors (Lipinski definition) is 4. The summed E-state index contributed by atoms with van der Waals surface area (Å²) in [6, 6.07) is 0. The highest BCUT2D eigenvalue weighted by Crippen LogP contribution is 2.23. The standard InChI is InChI=1S/C11H18ClN3O/c1-5-11(4,6-16)15-10-9(12)13-7(2)8(3)14-10/h16H,5-6H2,1-4H3,(H,14,15). The minimum Gasteiger partial charge on any atom is -0.394 e. The zero-order valence-corrected chi connectivity index (χ0v) is 10.9. The van der Waals surface area contributed by atoms with Gasteiger partial charge in [-0.1, -0.05) is 18.5 Å². The van der Waals surface area contributed by atoms with E-state index in [1.807, 2.05) is 27.7 Å². The molecule has 0 aromatic carbocycles. The fourth-order valence-corrected chi connectivity index (χ4v) is 1.40. The molecule has 1 aromatic rings. The van der Waals surface area contributed by atoms with E-state index in [1.54, 1.807) is 0 Å². The minimum absolute atomic E-state index is 0.0223. The Morgan fingerprint density at radius 2 is 1.88 bits per heavy atom. The smallest absolute Gasteiger partial charge is 0.171 e. The molecule has 0 bridgehead atoms. The van der Waals surface area contributed by atoms with Gasteiger partial charge in [0.15, 0.2) is 11.0 Å². The molecule has 1 unspecified atom stereocenters. The van der Waals surface area contributed by atoms with E-state index >= 15 is 0 Å². The van der Waals surface area contributed by atoms with Gasteiger partial charge in [-0.05, 0) is 27.2 Å². The number of rotatable bonds is 4. The molecule has 1 rings (SSSR count). The molecular weight excluding hydrogens is 226 g/mol. The van der Waals surface area contributed by atoms with Crippen LogP contribution in [0.5, 0.6) is 0 Å². The summed E-state index contributed by atoms with van der Waals surface area (Å²) >= 11 is 6.00. The topological polar surface area (TPSA) is 58.0 Å². The Labute approximate surface area is 101 Å². The zero-order chi connectivity index (χ0) is 12.3. The predicted molar refractivity (Wildman–Crippen MR) is 65.9 cm³/mol. The maximum Gasteiger partial charge on any atom is 0.171 e. The molecule has 0 fully saturated rings. The van der Waals surface area contributed by atoms with E-state index in [-0.39, 0.29) is 6.61 Å². The van der Waals surface area contributed by atoms with Crippen molar-refractivity contribution in [2.75, 3.05) is 11.9 Å². The van der Waals surface area contributed by atoms with Gasteiger partial charge in [0.1, 0.15) is 0 Å². The monoisotopic (exact) mass is 243 g/mol. The molecule has 0 aliphatic rings. The van der Waals surface area contributed by atoms with Crippen LogP contribution in [0.2, 0.25) is 5.15 Å². The van der Waals surface area contributed by atoms with E-state index in [0.717, 1.165) is 17.8 Å². The van der Waals surface area contributed by atoms with Gasteiger partial charge in [-0.3, -0.25) is 0 Å². The van der Waals surface area contributed by atoms with Crippen LogP contribution >= 0.6 is 11.6 Å². The molecule has 16 heavy (non-hydrogen) atoms. The molecule has 1 aromatic heterocycles. The number of nitrogens with zero attached hydrogens (tertiary/aromatic N) is 2. The number of halogens is 1. The summed E-state index contributed by atoms with van der Waals surface area (Å²) in [5.74, 6) is 0.531. The van der Waals surface area contributed by atoms with Gasteiger partial charge in [0.2, 0.25) is 0 Å². The van der Waals surface area contributed by atoms with Gasteiger partial charge in [-0.2, -0.15) is 0 Å². The van der Waals surface area contributed by atoms with Crippen LogP contribution in [-0.2, 0) is 0 Å². The summed E-state index contributed by atoms with van der Waals surface area (Å²) < 4.78 is 0. The number of aromatic nitrogens is 2. The molecule has 0 spiro atoms. The van der Waals surface area contributed by atoms with Crippen LogP contribution < -0.4 is 5.32 Å². The van der Waals surface area contributed by atoms with Gasteiger partial charge in [0.05, 0.1) is 23.5 Å². The molecule has 0 aliphatic carbocycles. The highest BCUT2D eigenvalue weighted by molar-refractivity contribution is 6.31. The lowest BCUT2D eigenvalue weighted by Gasteiger charge is -2.28. The predicted octanol–water partition coefficient (Wildman–Crippen LogP) is 2.32. The first-order chi connectivity index (χ1) is 7.41. The van der Waals surface area contributed by atoms with Crippen molar-refractivity contribution in [2.45, 2.75) is 39.7 Å². The van der Waals surface area contributed by atoms with Crippen LogP contribution in [0.15, 0.2) is 0 Å². The zero-order valence-electron chi connectivity index (χ0n) is 10.1. The van der Waals surface area contributed by atoms with Crippen molar-refractivity contribution in [1.29, 1.82) is 0 Å². The van der Waals surface area contributed by atoms with Gasteiger partial charge in [0.25, 0.3) is 0 Å². The van der Waals surface area contributed by atoms with Crippen molar-refractivity contribution in [3.63, 3.8) is 0 Å². The molecule has 0 amide bonds. The van der Waals surface area contributed by atoms with Crippen molar-refractivity contribution >= 4 is 17.4 Å². The number of aryl methyl sites for hydroxylation is 2. The summed E-state index contributed by atoms with van der Waals surface area (Å²) in [4.78, 5) is 8.52. The Morgan fingerprint density at radius 3 is 2.38 bits per heavy atom. The second-order valence-corrected chi connectivity index (χ2v) is 4.59. The molecule has 0 saturated heterocycles. The van der Waals surface area contributed by atoms with Gasteiger partial charge in [-0.15, -0.1) is 0 Å². The van der Waals surface area contributed by atoms with Crippen LogP contribution in [0.25, 0.3) is 0 Å². The number of aliphatic hydroxyl groups is 1. The summed E-state index contributed by atoms with van der Waals surface area (Å²) in [6.45, 7) is 7.68. The minimum atomic E-state index is -0.417. The lowest BCUT2D eigenvalue weighted by Crippen LogP contribution is -2.38. The maximum absolute atomic E-state index is 9.31. The quantitative estimate of drug-likeness (QED) is 0.852. The van der Waals surface area contributed by atoms with Crippen LogP contribution in [-0.4, -0.2) is 27.2 Å². The Bertz CT molecular complexity index is 378. The fourth-order valence-electron chi connectivity index (χ4n) is 1.18.